The van der Waals surface area contributed by atoms with E-state index in [0.29, 0.717) is 11.1 Å². The molecule has 0 unspecified atom stereocenters. The third kappa shape index (κ3) is 2.40. The molecule has 3 aromatic rings. The average molecular weight is 269 g/mol. The molecule has 1 heterocycles. The first-order valence-corrected chi connectivity index (χ1v) is 6.21. The van der Waals surface area contributed by atoms with Crippen LogP contribution in [0.5, 0.6) is 5.75 Å². The lowest BCUT2D eigenvalue weighted by Gasteiger charge is -2.00. The number of nitrogens with one attached hydrogen (secondary N) is 1. The van der Waals surface area contributed by atoms with E-state index in [1.165, 1.54) is 12.1 Å². The van der Waals surface area contributed by atoms with Gasteiger partial charge in [-0.25, -0.2) is 4.39 Å². The van der Waals surface area contributed by atoms with Crippen molar-refractivity contribution in [1.82, 2.24) is 4.98 Å². The quantitative estimate of drug-likeness (QED) is 0.716. The van der Waals surface area contributed by atoms with E-state index in [0.717, 1.165) is 11.1 Å². The molecule has 100 valence electrons. The molecule has 0 aliphatic heterocycles. The first kappa shape index (κ1) is 12.4. The van der Waals surface area contributed by atoms with Crippen molar-refractivity contribution in [1.29, 1.82) is 0 Å². The Morgan fingerprint density at radius 1 is 1.15 bits per heavy atom. The second-order valence-electron chi connectivity index (χ2n) is 4.68. The number of aromatic nitrogens is 1. The van der Waals surface area contributed by atoms with Gasteiger partial charge < -0.3 is 10.1 Å². The highest BCUT2D eigenvalue weighted by atomic mass is 19.1. The SMILES string of the molecule is O=C(Cc1cccc(O)c1)c1cc2cc(F)ccc2[nH]1. The summed E-state index contributed by atoms with van der Waals surface area (Å²) < 4.78 is 13.1. The minimum atomic E-state index is -0.330. The standard InChI is InChI=1S/C16H12FNO2/c17-12-4-5-14-11(8-12)9-15(18-14)16(20)7-10-2-1-3-13(19)6-10/h1-6,8-9,18-19H,7H2. The van der Waals surface area contributed by atoms with Gasteiger partial charge in [0, 0.05) is 17.3 Å². The van der Waals surface area contributed by atoms with Gasteiger partial charge in [-0.1, -0.05) is 12.1 Å². The summed E-state index contributed by atoms with van der Waals surface area (Å²) >= 11 is 0. The molecule has 3 nitrogen and oxygen atoms in total. The molecule has 2 N–H and O–H groups in total. The molecule has 20 heavy (non-hydrogen) atoms. The number of benzene rings is 2. The minimum Gasteiger partial charge on any atom is -0.508 e. The lowest BCUT2D eigenvalue weighted by molar-refractivity contribution is 0.0989. The Hall–Kier alpha value is -2.62. The van der Waals surface area contributed by atoms with Crippen LogP contribution in [0.2, 0.25) is 0 Å². The molecule has 0 radical (unpaired) electrons. The number of aromatic amines is 1. The normalized spacial score (nSPS) is 10.8. The van der Waals surface area contributed by atoms with Crippen LogP contribution in [0.25, 0.3) is 10.9 Å². The summed E-state index contributed by atoms with van der Waals surface area (Å²) in [6.07, 6.45) is 0.184. The van der Waals surface area contributed by atoms with E-state index >= 15 is 0 Å². The fourth-order valence-corrected chi connectivity index (χ4v) is 2.20. The van der Waals surface area contributed by atoms with Gasteiger partial charge in [0.05, 0.1) is 5.69 Å². The molecule has 2 aromatic carbocycles. The number of carbonyl (C=O) groups excluding carboxylic acids is 1. The zero-order valence-corrected chi connectivity index (χ0v) is 10.6. The molecular weight excluding hydrogens is 257 g/mol. The lowest BCUT2D eigenvalue weighted by atomic mass is 10.1. The number of aromatic hydroxyl groups is 1. The summed E-state index contributed by atoms with van der Waals surface area (Å²) in [5.41, 5.74) is 1.90. The molecule has 0 spiro atoms. The number of ketones is 1. The van der Waals surface area contributed by atoms with Gasteiger partial charge in [-0.3, -0.25) is 4.79 Å². The predicted molar refractivity (Wildman–Crippen MR) is 74.4 cm³/mol. The number of carbonyl (C=O) groups is 1. The van der Waals surface area contributed by atoms with Gasteiger partial charge in [0.1, 0.15) is 11.6 Å². The first-order valence-electron chi connectivity index (χ1n) is 6.21. The summed E-state index contributed by atoms with van der Waals surface area (Å²) in [7, 11) is 0. The predicted octanol–water partition coefficient (Wildman–Crippen LogP) is 3.44. The Balaban J connectivity index is 1.88. The minimum absolute atomic E-state index is 0.104. The van der Waals surface area contributed by atoms with Gasteiger partial charge in [0.25, 0.3) is 0 Å². The van der Waals surface area contributed by atoms with Gasteiger partial charge in [0.15, 0.2) is 5.78 Å². The number of phenols is 1. The van der Waals surface area contributed by atoms with Crippen LogP contribution in [0.1, 0.15) is 16.1 Å². The number of phenolic OH excluding ortho intramolecular Hbond substituents is 1. The van der Waals surface area contributed by atoms with Crippen molar-refractivity contribution in [3.05, 3.63) is 65.6 Å². The van der Waals surface area contributed by atoms with Gasteiger partial charge in [-0.05, 0) is 42.0 Å². The van der Waals surface area contributed by atoms with E-state index in [1.807, 2.05) is 0 Å². The Kier molecular flexibility index (Phi) is 2.99. The van der Waals surface area contributed by atoms with Gasteiger partial charge in [-0.2, -0.15) is 0 Å². The van der Waals surface area contributed by atoms with Gasteiger partial charge in [-0.15, -0.1) is 0 Å². The van der Waals surface area contributed by atoms with Crippen molar-refractivity contribution in [3.8, 4) is 5.75 Å². The van der Waals surface area contributed by atoms with E-state index in [4.69, 9.17) is 0 Å². The van der Waals surface area contributed by atoms with E-state index in [1.54, 1.807) is 36.4 Å². The number of Topliss-reactive ketones (excluding diaryl/α,β-unsaturated/α-hetero) is 1. The number of hydrogen-bond acceptors (Lipinski definition) is 2. The molecule has 0 atom stereocenters. The van der Waals surface area contributed by atoms with E-state index in [2.05, 4.69) is 4.98 Å². The van der Waals surface area contributed by atoms with Crippen LogP contribution in [-0.2, 0) is 6.42 Å². The van der Waals surface area contributed by atoms with Crippen molar-refractivity contribution in [3.63, 3.8) is 0 Å². The molecule has 0 saturated carbocycles. The van der Waals surface area contributed by atoms with Crippen molar-refractivity contribution < 1.29 is 14.3 Å². The van der Waals surface area contributed by atoms with Crippen molar-refractivity contribution in [2.75, 3.05) is 0 Å². The Labute approximate surface area is 114 Å². The largest absolute Gasteiger partial charge is 0.508 e. The zero-order chi connectivity index (χ0) is 14.1. The molecule has 1 aromatic heterocycles. The van der Waals surface area contributed by atoms with Crippen LogP contribution in [0.3, 0.4) is 0 Å². The highest BCUT2D eigenvalue weighted by molar-refractivity contribution is 6.00. The van der Waals surface area contributed by atoms with Crippen LogP contribution in [0, 0.1) is 5.82 Å². The van der Waals surface area contributed by atoms with Gasteiger partial charge in [0.2, 0.25) is 0 Å². The Bertz CT molecular complexity index is 792. The third-order valence-electron chi connectivity index (χ3n) is 3.16. The highest BCUT2D eigenvalue weighted by Crippen LogP contribution is 2.19. The highest BCUT2D eigenvalue weighted by Gasteiger charge is 2.11. The number of rotatable bonds is 3. The van der Waals surface area contributed by atoms with Crippen molar-refractivity contribution in [2.45, 2.75) is 6.42 Å². The molecule has 0 bridgehead atoms. The second kappa shape index (κ2) is 4.81. The van der Waals surface area contributed by atoms with Crippen LogP contribution >= 0.6 is 0 Å². The Morgan fingerprint density at radius 2 is 2.00 bits per heavy atom. The monoisotopic (exact) mass is 269 g/mol. The smallest absolute Gasteiger partial charge is 0.183 e. The van der Waals surface area contributed by atoms with E-state index < -0.39 is 0 Å². The maximum atomic E-state index is 13.1. The second-order valence-corrected chi connectivity index (χ2v) is 4.68. The molecule has 0 aliphatic carbocycles. The maximum absolute atomic E-state index is 13.1. The number of fused-ring (bicyclic) bond motifs is 1. The lowest BCUT2D eigenvalue weighted by Crippen LogP contribution is -2.03. The topological polar surface area (TPSA) is 53.1 Å². The fourth-order valence-electron chi connectivity index (χ4n) is 2.20. The van der Waals surface area contributed by atoms with Crippen molar-refractivity contribution in [2.24, 2.45) is 0 Å². The summed E-state index contributed by atoms with van der Waals surface area (Å²) in [4.78, 5) is 15.2. The average Bonchev–Trinajstić information content (AvgIpc) is 2.81. The molecule has 0 amide bonds. The summed E-state index contributed by atoms with van der Waals surface area (Å²) in [6, 6.07) is 12.6. The molecule has 0 saturated heterocycles. The summed E-state index contributed by atoms with van der Waals surface area (Å²) in [5, 5.41) is 10.1. The van der Waals surface area contributed by atoms with E-state index in [9.17, 15) is 14.3 Å². The fraction of sp³-hybridized carbons (Fsp3) is 0.0625. The first-order chi connectivity index (χ1) is 9.61. The van der Waals surface area contributed by atoms with E-state index in [-0.39, 0.29) is 23.8 Å². The van der Waals surface area contributed by atoms with Crippen LogP contribution in [-0.4, -0.2) is 15.9 Å². The van der Waals surface area contributed by atoms with Crippen LogP contribution in [0.15, 0.2) is 48.5 Å². The van der Waals surface area contributed by atoms with Crippen LogP contribution in [0.4, 0.5) is 4.39 Å². The molecule has 4 heteroatoms. The maximum Gasteiger partial charge on any atom is 0.183 e. The van der Waals surface area contributed by atoms with Crippen molar-refractivity contribution >= 4 is 16.7 Å². The number of halogens is 1. The molecular formula is C16H12FNO2. The van der Waals surface area contributed by atoms with Crippen LogP contribution < -0.4 is 0 Å². The molecule has 0 fully saturated rings. The molecule has 3 rings (SSSR count). The Morgan fingerprint density at radius 3 is 2.80 bits per heavy atom. The number of H-pyrrole nitrogens is 1. The molecule has 0 aliphatic rings. The van der Waals surface area contributed by atoms with Gasteiger partial charge >= 0.3 is 0 Å². The summed E-state index contributed by atoms with van der Waals surface area (Å²) in [6.45, 7) is 0. The summed E-state index contributed by atoms with van der Waals surface area (Å²) in [5.74, 6) is -0.301. The number of hydrogen-bond donors (Lipinski definition) is 2. The third-order valence-corrected chi connectivity index (χ3v) is 3.16. The zero-order valence-electron chi connectivity index (χ0n) is 10.6.